The Bertz CT molecular complexity index is 1610. The number of nitrogens with one attached hydrogen (secondary N) is 2. The smallest absolute Gasteiger partial charge is 0.357 e. The zero-order valence-corrected chi connectivity index (χ0v) is 21.5. The van der Waals surface area contributed by atoms with E-state index >= 15 is 0 Å². The Labute approximate surface area is 220 Å². The maximum atomic E-state index is 11.1. The van der Waals surface area contributed by atoms with Gasteiger partial charge in [-0.2, -0.15) is 8.42 Å². The van der Waals surface area contributed by atoms with E-state index in [1.807, 2.05) is 33.7 Å². The third kappa shape index (κ3) is 6.30. The summed E-state index contributed by atoms with van der Waals surface area (Å²) in [7, 11) is -4.35. The molecule has 0 amide bonds. The lowest BCUT2D eigenvalue weighted by atomic mass is 10.0. The molecule has 0 aliphatic heterocycles. The molecule has 0 aliphatic rings. The molecule has 37 heavy (non-hydrogen) atoms. The molecule has 0 radical (unpaired) electrons. The van der Waals surface area contributed by atoms with Gasteiger partial charge < -0.3 is 9.73 Å². The maximum Gasteiger partial charge on any atom is 0.357 e. The highest BCUT2D eigenvalue weighted by Crippen LogP contribution is 2.33. The molecule has 3 heterocycles. The number of thiazole rings is 1. The molecule has 1 atom stereocenters. The average molecular weight is 553 g/mol. The number of hydrogen-bond donors (Lipinski definition) is 3. The average Bonchev–Trinajstić information content (AvgIpc) is 3.65. The highest BCUT2D eigenvalue weighted by Gasteiger charge is 2.20. The molecule has 3 N–H and O–H groups in total. The highest BCUT2D eigenvalue weighted by atomic mass is 32.2. The van der Waals surface area contributed by atoms with Gasteiger partial charge in [0.15, 0.2) is 5.76 Å². The van der Waals surface area contributed by atoms with Crippen LogP contribution in [-0.2, 0) is 16.7 Å². The van der Waals surface area contributed by atoms with Gasteiger partial charge in [0.1, 0.15) is 11.3 Å². The normalized spacial score (nSPS) is 12.2. The maximum absolute atomic E-state index is 11.1. The molecule has 2 aromatic carbocycles. The van der Waals surface area contributed by atoms with Crippen LogP contribution in [0.2, 0.25) is 0 Å². The lowest BCUT2D eigenvalue weighted by Gasteiger charge is -2.16. The van der Waals surface area contributed by atoms with Crippen LogP contribution in [-0.4, -0.2) is 29.2 Å². The first-order valence-electron chi connectivity index (χ1n) is 11.0. The minimum atomic E-state index is -4.35. The van der Waals surface area contributed by atoms with Crippen molar-refractivity contribution in [1.29, 1.82) is 0 Å². The van der Waals surface area contributed by atoms with Gasteiger partial charge in [-0.05, 0) is 41.6 Å². The number of hydrogen-bond acceptors (Lipinski definition) is 9. The van der Waals surface area contributed by atoms with Gasteiger partial charge in [-0.15, -0.1) is 22.7 Å². The molecule has 0 saturated carbocycles. The summed E-state index contributed by atoms with van der Waals surface area (Å²) in [5.74, 6) is 0.517. The van der Waals surface area contributed by atoms with Crippen molar-refractivity contribution in [3.05, 3.63) is 94.4 Å². The Morgan fingerprint density at radius 1 is 1.08 bits per heavy atom. The van der Waals surface area contributed by atoms with E-state index in [0.717, 1.165) is 33.0 Å². The van der Waals surface area contributed by atoms with Gasteiger partial charge >= 0.3 is 10.3 Å². The Morgan fingerprint density at radius 3 is 2.65 bits per heavy atom. The quantitative estimate of drug-likeness (QED) is 0.143. The standard InChI is InChI=1S/C25H20N4O5S3/c30-14-17-3-1-4-18(11-17)22-13-26-25(34-22)28-20(21-15-36-24(27-21)23-5-2-10-35-23)12-16-6-8-19(9-7-16)29-37(31,32)33/h1-11,13-15,20,29H,12H2,(H,26,28)(H,31,32,33)/t20-/m0/s1. The molecule has 188 valence electrons. The van der Waals surface area contributed by atoms with Crippen LogP contribution in [0.1, 0.15) is 27.7 Å². The second kappa shape index (κ2) is 10.6. The molecule has 0 bridgehead atoms. The number of carbonyl (C=O) groups is 1. The van der Waals surface area contributed by atoms with Crippen molar-refractivity contribution in [3.63, 3.8) is 0 Å². The Kier molecular flexibility index (Phi) is 7.15. The van der Waals surface area contributed by atoms with Crippen LogP contribution in [0, 0.1) is 0 Å². The van der Waals surface area contributed by atoms with E-state index < -0.39 is 10.3 Å². The molecule has 12 heteroatoms. The lowest BCUT2D eigenvalue weighted by Crippen LogP contribution is -2.15. The number of thiophene rings is 1. The molecule has 5 aromatic rings. The number of nitrogens with zero attached hydrogens (tertiary/aromatic N) is 2. The fourth-order valence-electron chi connectivity index (χ4n) is 3.67. The predicted octanol–water partition coefficient (Wildman–Crippen LogP) is 5.95. The molecule has 0 saturated heterocycles. The monoisotopic (exact) mass is 552 g/mol. The van der Waals surface area contributed by atoms with Crippen LogP contribution in [0.5, 0.6) is 0 Å². The molecule has 0 fully saturated rings. The van der Waals surface area contributed by atoms with Crippen LogP contribution in [0.15, 0.2) is 82.0 Å². The van der Waals surface area contributed by atoms with Crippen molar-refractivity contribution in [2.24, 2.45) is 0 Å². The van der Waals surface area contributed by atoms with Gasteiger partial charge in [0.05, 0.1) is 28.5 Å². The van der Waals surface area contributed by atoms with Gasteiger partial charge in [0, 0.05) is 16.5 Å². The van der Waals surface area contributed by atoms with Gasteiger partial charge in [-0.3, -0.25) is 14.1 Å². The van der Waals surface area contributed by atoms with E-state index in [9.17, 15) is 13.2 Å². The third-order valence-corrected chi connectivity index (χ3v) is 7.76. The van der Waals surface area contributed by atoms with Crippen molar-refractivity contribution in [3.8, 4) is 21.2 Å². The zero-order chi connectivity index (χ0) is 25.8. The van der Waals surface area contributed by atoms with Gasteiger partial charge in [-0.25, -0.2) is 9.97 Å². The minimum Gasteiger partial charge on any atom is -0.424 e. The second-order valence-electron chi connectivity index (χ2n) is 8.00. The molecule has 5 rings (SSSR count). The Balaban J connectivity index is 1.41. The summed E-state index contributed by atoms with van der Waals surface area (Å²) >= 11 is 3.16. The minimum absolute atomic E-state index is 0.249. The number of oxazole rings is 1. The van der Waals surface area contributed by atoms with E-state index in [2.05, 4.69) is 10.3 Å². The number of aldehydes is 1. The van der Waals surface area contributed by atoms with Crippen molar-refractivity contribution in [2.75, 3.05) is 10.0 Å². The van der Waals surface area contributed by atoms with E-state index in [-0.39, 0.29) is 11.7 Å². The first kappa shape index (κ1) is 24.8. The highest BCUT2D eigenvalue weighted by molar-refractivity contribution is 7.87. The molecule has 0 spiro atoms. The number of benzene rings is 2. The molecular weight excluding hydrogens is 532 g/mol. The van der Waals surface area contributed by atoms with Crippen molar-refractivity contribution < 1.29 is 22.2 Å². The molecule has 9 nitrogen and oxygen atoms in total. The molecular formula is C25H20N4O5S3. The number of carbonyl (C=O) groups excluding carboxylic acids is 1. The van der Waals surface area contributed by atoms with E-state index in [1.165, 1.54) is 0 Å². The summed E-state index contributed by atoms with van der Waals surface area (Å²) in [4.78, 5) is 21.4. The Morgan fingerprint density at radius 2 is 1.92 bits per heavy atom. The van der Waals surface area contributed by atoms with Gasteiger partial charge in [0.2, 0.25) is 0 Å². The molecule has 0 unspecified atom stereocenters. The van der Waals surface area contributed by atoms with E-state index in [1.54, 1.807) is 71.3 Å². The predicted molar refractivity (Wildman–Crippen MR) is 144 cm³/mol. The van der Waals surface area contributed by atoms with Crippen LogP contribution >= 0.6 is 22.7 Å². The van der Waals surface area contributed by atoms with Crippen LogP contribution < -0.4 is 10.0 Å². The molecule has 0 aliphatic carbocycles. The summed E-state index contributed by atoms with van der Waals surface area (Å²) in [5.41, 5.74) is 3.22. The van der Waals surface area contributed by atoms with Gasteiger partial charge in [-0.1, -0.05) is 36.4 Å². The van der Waals surface area contributed by atoms with Crippen molar-refractivity contribution in [1.82, 2.24) is 9.97 Å². The lowest BCUT2D eigenvalue weighted by molar-refractivity contribution is 0.112. The summed E-state index contributed by atoms with van der Waals surface area (Å²) in [6, 6.07) is 17.7. The summed E-state index contributed by atoms with van der Waals surface area (Å²) < 4.78 is 39.2. The SMILES string of the molecule is O=Cc1cccc(-c2cnc(N[C@@H](Cc3ccc(NS(=O)(=O)O)cc3)c3csc(-c4cccs4)n3)o2)c1. The second-order valence-corrected chi connectivity index (χ2v) is 11.0. The fourth-order valence-corrected chi connectivity index (χ4v) is 5.79. The topological polar surface area (TPSA) is 134 Å². The number of aromatic nitrogens is 2. The van der Waals surface area contributed by atoms with Crippen LogP contribution in [0.3, 0.4) is 0 Å². The number of rotatable bonds is 10. The first-order chi connectivity index (χ1) is 17.9. The first-order valence-corrected chi connectivity index (χ1v) is 14.2. The molecule has 3 aromatic heterocycles. The van der Waals surface area contributed by atoms with Crippen molar-refractivity contribution in [2.45, 2.75) is 12.5 Å². The third-order valence-electron chi connectivity index (χ3n) is 5.36. The van der Waals surface area contributed by atoms with Crippen LogP contribution in [0.25, 0.3) is 21.2 Å². The zero-order valence-electron chi connectivity index (χ0n) is 19.1. The van der Waals surface area contributed by atoms with Crippen molar-refractivity contribution >= 4 is 51.0 Å². The number of anilines is 2. The van der Waals surface area contributed by atoms with E-state index in [4.69, 9.17) is 14.0 Å². The largest absolute Gasteiger partial charge is 0.424 e. The summed E-state index contributed by atoms with van der Waals surface area (Å²) in [6.07, 6.45) is 2.87. The summed E-state index contributed by atoms with van der Waals surface area (Å²) in [6.45, 7) is 0. The Hall–Kier alpha value is -3.84. The van der Waals surface area contributed by atoms with E-state index in [0.29, 0.717) is 23.8 Å². The summed E-state index contributed by atoms with van der Waals surface area (Å²) in [5, 5.41) is 8.22. The fraction of sp³-hybridized carbons (Fsp3) is 0.0800. The van der Waals surface area contributed by atoms with Gasteiger partial charge in [0.25, 0.3) is 6.01 Å². The van der Waals surface area contributed by atoms with Crippen LogP contribution in [0.4, 0.5) is 11.7 Å².